The topological polar surface area (TPSA) is 45.2 Å². The smallest absolute Gasteiger partial charge is 0.273 e. The second-order valence-electron chi connectivity index (χ2n) is 7.48. The molecule has 1 amide bonds. The van der Waals surface area contributed by atoms with E-state index in [1.165, 1.54) is 22.5 Å². The predicted octanol–water partition coefficient (Wildman–Crippen LogP) is 6.08. The first-order chi connectivity index (χ1) is 15.2. The van der Waals surface area contributed by atoms with Crippen LogP contribution in [0.25, 0.3) is 0 Å². The van der Waals surface area contributed by atoms with Gasteiger partial charge in [-0.1, -0.05) is 78.4 Å². The standard InChI is InChI=1S/C26H25N3OS/c1-20-12-14-23(15-13-20)27-26-28-24(19-31-26)25(30)29(18-22-10-6-3-7-11-22)17-16-21-8-4-2-5-9-21/h2-15,19H,16-18H2,1H3,(H,27,28). The molecule has 0 aliphatic rings. The van der Waals surface area contributed by atoms with E-state index in [9.17, 15) is 4.79 Å². The normalized spacial score (nSPS) is 10.6. The maximum Gasteiger partial charge on any atom is 0.273 e. The molecule has 31 heavy (non-hydrogen) atoms. The van der Waals surface area contributed by atoms with Gasteiger partial charge in [0, 0.05) is 24.2 Å². The van der Waals surface area contributed by atoms with Crippen molar-refractivity contribution in [3.8, 4) is 0 Å². The Morgan fingerprint density at radius 1 is 0.903 bits per heavy atom. The summed E-state index contributed by atoms with van der Waals surface area (Å²) in [6.45, 7) is 3.25. The highest BCUT2D eigenvalue weighted by atomic mass is 32.1. The number of rotatable bonds is 8. The summed E-state index contributed by atoms with van der Waals surface area (Å²) < 4.78 is 0. The zero-order valence-electron chi connectivity index (χ0n) is 17.5. The molecule has 3 aromatic carbocycles. The number of thiazole rings is 1. The fraction of sp³-hybridized carbons (Fsp3) is 0.154. The Morgan fingerprint density at radius 2 is 1.55 bits per heavy atom. The third-order valence-electron chi connectivity index (χ3n) is 5.04. The van der Waals surface area contributed by atoms with Crippen LogP contribution in [-0.2, 0) is 13.0 Å². The largest absolute Gasteiger partial charge is 0.333 e. The zero-order chi connectivity index (χ0) is 21.5. The molecular formula is C26H25N3OS. The van der Waals surface area contributed by atoms with E-state index in [1.54, 1.807) is 0 Å². The summed E-state index contributed by atoms with van der Waals surface area (Å²) in [4.78, 5) is 19.8. The van der Waals surface area contributed by atoms with Gasteiger partial charge in [-0.15, -0.1) is 11.3 Å². The van der Waals surface area contributed by atoms with Gasteiger partial charge in [0.25, 0.3) is 5.91 Å². The Bertz CT molecular complexity index is 1110. The van der Waals surface area contributed by atoms with E-state index in [0.29, 0.717) is 18.8 Å². The number of carbonyl (C=O) groups excluding carboxylic acids is 1. The van der Waals surface area contributed by atoms with Crippen molar-refractivity contribution in [2.24, 2.45) is 0 Å². The average molecular weight is 428 g/mol. The fourth-order valence-corrected chi connectivity index (χ4v) is 4.02. The Kier molecular flexibility index (Phi) is 6.75. The lowest BCUT2D eigenvalue weighted by molar-refractivity contribution is 0.0740. The Morgan fingerprint density at radius 3 is 2.23 bits per heavy atom. The van der Waals surface area contributed by atoms with Gasteiger partial charge in [0.2, 0.25) is 0 Å². The molecule has 0 spiro atoms. The summed E-state index contributed by atoms with van der Waals surface area (Å²) in [5.74, 6) is -0.0482. The van der Waals surface area contributed by atoms with Crippen molar-refractivity contribution in [3.63, 3.8) is 0 Å². The lowest BCUT2D eigenvalue weighted by atomic mass is 10.1. The lowest BCUT2D eigenvalue weighted by Crippen LogP contribution is -2.32. The fourth-order valence-electron chi connectivity index (χ4n) is 3.32. The minimum Gasteiger partial charge on any atom is -0.333 e. The molecule has 0 aliphatic heterocycles. The number of benzene rings is 3. The maximum absolute atomic E-state index is 13.3. The van der Waals surface area contributed by atoms with Crippen LogP contribution in [0.1, 0.15) is 27.2 Å². The van der Waals surface area contributed by atoms with Crippen LogP contribution in [0.15, 0.2) is 90.3 Å². The van der Waals surface area contributed by atoms with Gasteiger partial charge in [0.15, 0.2) is 5.13 Å². The average Bonchev–Trinajstić information content (AvgIpc) is 3.27. The van der Waals surface area contributed by atoms with Crippen molar-refractivity contribution in [2.75, 3.05) is 11.9 Å². The van der Waals surface area contributed by atoms with Crippen molar-refractivity contribution in [3.05, 3.63) is 113 Å². The molecule has 0 aliphatic carbocycles. The molecule has 0 saturated heterocycles. The Hall–Kier alpha value is -3.44. The molecule has 0 fully saturated rings. The molecule has 0 bridgehead atoms. The van der Waals surface area contributed by atoms with E-state index in [2.05, 4.69) is 29.4 Å². The van der Waals surface area contributed by atoms with Crippen molar-refractivity contribution in [2.45, 2.75) is 19.9 Å². The van der Waals surface area contributed by atoms with Crippen LogP contribution in [0.4, 0.5) is 10.8 Å². The van der Waals surface area contributed by atoms with E-state index in [0.717, 1.165) is 22.8 Å². The summed E-state index contributed by atoms with van der Waals surface area (Å²) in [5.41, 5.74) is 4.97. The number of amides is 1. The maximum atomic E-state index is 13.3. The molecule has 0 atom stereocenters. The predicted molar refractivity (Wildman–Crippen MR) is 128 cm³/mol. The summed E-state index contributed by atoms with van der Waals surface area (Å²) in [5, 5.41) is 5.84. The number of nitrogens with zero attached hydrogens (tertiary/aromatic N) is 2. The Balaban J connectivity index is 1.49. The van der Waals surface area contributed by atoms with Gasteiger partial charge in [0.1, 0.15) is 5.69 Å². The molecule has 0 radical (unpaired) electrons. The molecule has 4 nitrogen and oxygen atoms in total. The van der Waals surface area contributed by atoms with Crippen LogP contribution in [0.5, 0.6) is 0 Å². The van der Waals surface area contributed by atoms with Gasteiger partial charge in [-0.2, -0.15) is 0 Å². The highest BCUT2D eigenvalue weighted by Gasteiger charge is 2.19. The van der Waals surface area contributed by atoms with Crippen molar-refractivity contribution in [1.29, 1.82) is 0 Å². The number of carbonyl (C=O) groups is 1. The quantitative estimate of drug-likeness (QED) is 0.371. The van der Waals surface area contributed by atoms with Crippen LogP contribution >= 0.6 is 11.3 Å². The molecule has 0 saturated carbocycles. The first-order valence-electron chi connectivity index (χ1n) is 10.3. The van der Waals surface area contributed by atoms with E-state index < -0.39 is 0 Å². The summed E-state index contributed by atoms with van der Waals surface area (Å²) >= 11 is 1.45. The SMILES string of the molecule is Cc1ccc(Nc2nc(C(=O)N(CCc3ccccc3)Cc3ccccc3)cs2)cc1. The van der Waals surface area contributed by atoms with Crippen molar-refractivity contribution < 1.29 is 4.79 Å². The lowest BCUT2D eigenvalue weighted by Gasteiger charge is -2.22. The third kappa shape index (κ3) is 5.80. The highest BCUT2D eigenvalue weighted by Crippen LogP contribution is 2.22. The van der Waals surface area contributed by atoms with Crippen molar-refractivity contribution >= 4 is 28.1 Å². The molecule has 1 aromatic heterocycles. The van der Waals surface area contributed by atoms with Gasteiger partial charge >= 0.3 is 0 Å². The molecular weight excluding hydrogens is 402 g/mol. The second-order valence-corrected chi connectivity index (χ2v) is 8.33. The molecule has 0 unspecified atom stereocenters. The van der Waals surface area contributed by atoms with E-state index in [4.69, 9.17) is 0 Å². The van der Waals surface area contributed by atoms with Crippen molar-refractivity contribution in [1.82, 2.24) is 9.88 Å². The van der Waals surface area contributed by atoms with E-state index in [-0.39, 0.29) is 5.91 Å². The minimum atomic E-state index is -0.0482. The number of aromatic nitrogens is 1. The summed E-state index contributed by atoms with van der Waals surface area (Å²) in [6.07, 6.45) is 0.804. The molecule has 4 aromatic rings. The van der Waals surface area contributed by atoms with Gasteiger partial charge in [-0.25, -0.2) is 4.98 Å². The third-order valence-corrected chi connectivity index (χ3v) is 5.80. The monoisotopic (exact) mass is 427 g/mol. The number of nitrogens with one attached hydrogen (secondary N) is 1. The van der Waals surface area contributed by atoms with Crippen LogP contribution in [0, 0.1) is 6.92 Å². The number of hydrogen-bond donors (Lipinski definition) is 1. The van der Waals surface area contributed by atoms with Crippen LogP contribution in [-0.4, -0.2) is 22.3 Å². The molecule has 5 heteroatoms. The second kappa shape index (κ2) is 10.0. The van der Waals surface area contributed by atoms with Crippen LogP contribution in [0.3, 0.4) is 0 Å². The molecule has 1 heterocycles. The van der Waals surface area contributed by atoms with Crippen LogP contribution in [0.2, 0.25) is 0 Å². The van der Waals surface area contributed by atoms with Gasteiger partial charge < -0.3 is 10.2 Å². The zero-order valence-corrected chi connectivity index (χ0v) is 18.3. The molecule has 4 rings (SSSR count). The minimum absolute atomic E-state index is 0.0482. The highest BCUT2D eigenvalue weighted by molar-refractivity contribution is 7.14. The van der Waals surface area contributed by atoms with Gasteiger partial charge in [-0.05, 0) is 36.6 Å². The molecule has 1 N–H and O–H groups in total. The first-order valence-corrected chi connectivity index (χ1v) is 11.2. The molecule has 156 valence electrons. The first kappa shape index (κ1) is 20.8. The van der Waals surface area contributed by atoms with Crippen LogP contribution < -0.4 is 5.32 Å². The van der Waals surface area contributed by atoms with E-state index >= 15 is 0 Å². The number of anilines is 2. The summed E-state index contributed by atoms with van der Waals surface area (Å²) in [6, 6.07) is 28.5. The van der Waals surface area contributed by atoms with Gasteiger partial charge in [0.05, 0.1) is 0 Å². The number of aryl methyl sites for hydroxylation is 1. The number of hydrogen-bond acceptors (Lipinski definition) is 4. The van der Waals surface area contributed by atoms with Gasteiger partial charge in [-0.3, -0.25) is 4.79 Å². The summed E-state index contributed by atoms with van der Waals surface area (Å²) in [7, 11) is 0. The Labute approximate surface area is 187 Å². The van der Waals surface area contributed by atoms with E-state index in [1.807, 2.05) is 83.1 Å².